The van der Waals surface area contributed by atoms with E-state index in [-0.39, 0.29) is 0 Å². The highest BCUT2D eigenvalue weighted by molar-refractivity contribution is 7.98. The van der Waals surface area contributed by atoms with Crippen molar-refractivity contribution >= 4 is 17.7 Å². The molecule has 2 aromatic carbocycles. The molecule has 5 nitrogen and oxygen atoms in total. The number of anilines is 1. The first kappa shape index (κ1) is 17.1. The van der Waals surface area contributed by atoms with Crippen molar-refractivity contribution in [3.8, 4) is 5.69 Å². The summed E-state index contributed by atoms with van der Waals surface area (Å²) in [5.74, 6) is 1.77. The first-order chi connectivity index (χ1) is 12.8. The predicted molar refractivity (Wildman–Crippen MR) is 105 cm³/mol. The van der Waals surface area contributed by atoms with E-state index < -0.39 is 0 Å². The molecule has 26 heavy (non-hydrogen) atoms. The van der Waals surface area contributed by atoms with Crippen LogP contribution in [0, 0.1) is 6.92 Å². The van der Waals surface area contributed by atoms with Crippen molar-refractivity contribution in [1.29, 1.82) is 0 Å². The second-order valence-electron chi connectivity index (χ2n) is 6.33. The Hall–Kier alpha value is -2.31. The summed E-state index contributed by atoms with van der Waals surface area (Å²) in [4.78, 5) is 2.26. The van der Waals surface area contributed by atoms with Crippen molar-refractivity contribution < 1.29 is 4.74 Å². The van der Waals surface area contributed by atoms with Crippen LogP contribution in [0.1, 0.15) is 11.1 Å². The van der Waals surface area contributed by atoms with Gasteiger partial charge < -0.3 is 9.64 Å². The highest BCUT2D eigenvalue weighted by Crippen LogP contribution is 2.29. The van der Waals surface area contributed by atoms with Gasteiger partial charge in [0.1, 0.15) is 0 Å². The van der Waals surface area contributed by atoms with Gasteiger partial charge in [-0.15, -0.1) is 10.2 Å². The SMILES string of the molecule is Cc1cccc(-n2c(SCc3ccccc3)nnc2N2CCOCC2)c1. The smallest absolute Gasteiger partial charge is 0.232 e. The summed E-state index contributed by atoms with van der Waals surface area (Å²) in [7, 11) is 0. The Bertz CT molecular complexity index is 859. The van der Waals surface area contributed by atoms with Crippen molar-refractivity contribution in [3.63, 3.8) is 0 Å². The molecule has 0 amide bonds. The number of aromatic nitrogens is 3. The van der Waals surface area contributed by atoms with E-state index in [1.165, 1.54) is 11.1 Å². The summed E-state index contributed by atoms with van der Waals surface area (Å²) in [6.45, 7) is 5.25. The molecule has 1 saturated heterocycles. The maximum atomic E-state index is 5.49. The Labute approximate surface area is 158 Å². The highest BCUT2D eigenvalue weighted by atomic mass is 32.2. The van der Waals surface area contributed by atoms with E-state index in [4.69, 9.17) is 4.74 Å². The Balaban J connectivity index is 1.67. The van der Waals surface area contributed by atoms with Gasteiger partial charge in [0.15, 0.2) is 5.16 Å². The molecular weight excluding hydrogens is 344 g/mol. The molecular formula is C20H22N4OS. The zero-order valence-corrected chi connectivity index (χ0v) is 15.7. The largest absolute Gasteiger partial charge is 0.378 e. The van der Waals surface area contributed by atoms with Crippen LogP contribution in [0.4, 0.5) is 5.95 Å². The Kier molecular flexibility index (Phi) is 5.22. The third-order valence-corrected chi connectivity index (χ3v) is 5.38. The number of nitrogens with zero attached hydrogens (tertiary/aromatic N) is 4. The lowest BCUT2D eigenvalue weighted by molar-refractivity contribution is 0.122. The minimum absolute atomic E-state index is 0.729. The molecule has 1 aliphatic rings. The third-order valence-electron chi connectivity index (χ3n) is 4.38. The zero-order valence-electron chi connectivity index (χ0n) is 14.8. The number of thioether (sulfide) groups is 1. The van der Waals surface area contributed by atoms with Gasteiger partial charge >= 0.3 is 0 Å². The summed E-state index contributed by atoms with van der Waals surface area (Å²) in [5.41, 5.74) is 3.61. The van der Waals surface area contributed by atoms with Gasteiger partial charge in [-0.05, 0) is 30.2 Å². The topological polar surface area (TPSA) is 43.2 Å². The van der Waals surface area contributed by atoms with E-state index in [2.05, 4.69) is 75.1 Å². The Morgan fingerprint density at radius 2 is 1.81 bits per heavy atom. The summed E-state index contributed by atoms with van der Waals surface area (Å²) in [6, 6.07) is 19.0. The number of morpholine rings is 1. The van der Waals surface area contributed by atoms with Gasteiger partial charge in [0.2, 0.25) is 5.95 Å². The molecule has 0 bridgehead atoms. The molecule has 0 N–H and O–H groups in total. The van der Waals surface area contributed by atoms with Gasteiger partial charge in [-0.1, -0.05) is 54.2 Å². The summed E-state index contributed by atoms with van der Waals surface area (Å²) < 4.78 is 7.67. The first-order valence-corrected chi connectivity index (χ1v) is 9.82. The molecule has 1 fully saturated rings. The lowest BCUT2D eigenvalue weighted by Gasteiger charge is -2.28. The van der Waals surface area contributed by atoms with Gasteiger partial charge in [-0.2, -0.15) is 0 Å². The van der Waals surface area contributed by atoms with Crippen LogP contribution >= 0.6 is 11.8 Å². The van der Waals surface area contributed by atoms with Gasteiger partial charge in [0, 0.05) is 18.8 Å². The van der Waals surface area contributed by atoms with Crippen LogP contribution in [0.5, 0.6) is 0 Å². The molecule has 6 heteroatoms. The standard InChI is InChI=1S/C20H22N4OS/c1-16-6-5-9-18(14-16)24-19(23-10-12-25-13-11-23)21-22-20(24)26-15-17-7-3-2-4-8-17/h2-9,14H,10-13,15H2,1H3. The molecule has 4 rings (SSSR count). The van der Waals surface area contributed by atoms with E-state index in [1.807, 2.05) is 6.07 Å². The maximum absolute atomic E-state index is 5.49. The number of hydrogen-bond donors (Lipinski definition) is 0. The van der Waals surface area contributed by atoms with E-state index in [9.17, 15) is 0 Å². The number of ether oxygens (including phenoxy) is 1. The molecule has 1 aliphatic heterocycles. The monoisotopic (exact) mass is 366 g/mol. The fraction of sp³-hybridized carbons (Fsp3) is 0.300. The van der Waals surface area contributed by atoms with Crippen LogP contribution in [-0.2, 0) is 10.5 Å². The number of benzene rings is 2. The van der Waals surface area contributed by atoms with Crippen molar-refractivity contribution in [2.75, 3.05) is 31.2 Å². The van der Waals surface area contributed by atoms with Crippen molar-refractivity contribution in [3.05, 3.63) is 65.7 Å². The number of rotatable bonds is 5. The van der Waals surface area contributed by atoms with E-state index in [1.54, 1.807) is 11.8 Å². The van der Waals surface area contributed by atoms with Gasteiger partial charge in [-0.3, -0.25) is 4.57 Å². The van der Waals surface area contributed by atoms with Crippen molar-refractivity contribution in [1.82, 2.24) is 14.8 Å². The fourth-order valence-electron chi connectivity index (χ4n) is 3.04. The first-order valence-electron chi connectivity index (χ1n) is 8.83. The molecule has 134 valence electrons. The number of aryl methyl sites for hydroxylation is 1. The molecule has 1 aromatic heterocycles. The minimum Gasteiger partial charge on any atom is -0.378 e. The quantitative estimate of drug-likeness (QED) is 0.644. The van der Waals surface area contributed by atoms with Gasteiger partial charge in [0.25, 0.3) is 0 Å². The summed E-state index contributed by atoms with van der Waals surface area (Å²) in [5, 5.41) is 9.94. The average Bonchev–Trinajstić information content (AvgIpc) is 3.12. The van der Waals surface area contributed by atoms with Crippen molar-refractivity contribution in [2.24, 2.45) is 0 Å². The molecule has 0 atom stereocenters. The van der Waals surface area contributed by atoms with Gasteiger partial charge in [0.05, 0.1) is 18.9 Å². The zero-order chi connectivity index (χ0) is 17.8. The molecule has 0 unspecified atom stereocenters. The number of hydrogen-bond acceptors (Lipinski definition) is 5. The summed E-state index contributed by atoms with van der Waals surface area (Å²) in [6.07, 6.45) is 0. The van der Waals surface area contributed by atoms with Crippen LogP contribution in [-0.4, -0.2) is 41.1 Å². The van der Waals surface area contributed by atoms with Crippen LogP contribution in [0.25, 0.3) is 5.69 Å². The molecule has 0 radical (unpaired) electrons. The van der Waals surface area contributed by atoms with E-state index in [0.717, 1.165) is 48.8 Å². The fourth-order valence-corrected chi connectivity index (χ4v) is 3.94. The Morgan fingerprint density at radius 3 is 2.58 bits per heavy atom. The Morgan fingerprint density at radius 1 is 1.00 bits per heavy atom. The van der Waals surface area contributed by atoms with Crippen LogP contribution in [0.15, 0.2) is 59.8 Å². The predicted octanol–water partition coefficient (Wildman–Crippen LogP) is 3.70. The molecule has 0 aliphatic carbocycles. The van der Waals surface area contributed by atoms with Crippen LogP contribution < -0.4 is 4.90 Å². The average molecular weight is 366 g/mol. The van der Waals surface area contributed by atoms with Crippen LogP contribution in [0.3, 0.4) is 0 Å². The molecule has 2 heterocycles. The molecule has 0 saturated carbocycles. The second-order valence-corrected chi connectivity index (χ2v) is 7.27. The van der Waals surface area contributed by atoms with E-state index in [0.29, 0.717) is 0 Å². The molecule has 0 spiro atoms. The maximum Gasteiger partial charge on any atom is 0.232 e. The second kappa shape index (κ2) is 7.93. The van der Waals surface area contributed by atoms with Gasteiger partial charge in [-0.25, -0.2) is 0 Å². The lowest BCUT2D eigenvalue weighted by atomic mass is 10.2. The van der Waals surface area contributed by atoms with E-state index >= 15 is 0 Å². The normalized spacial score (nSPS) is 14.6. The van der Waals surface area contributed by atoms with Crippen LogP contribution in [0.2, 0.25) is 0 Å². The molecule has 3 aromatic rings. The lowest BCUT2D eigenvalue weighted by Crippen LogP contribution is -2.37. The summed E-state index contributed by atoms with van der Waals surface area (Å²) >= 11 is 1.72. The highest BCUT2D eigenvalue weighted by Gasteiger charge is 2.21. The third kappa shape index (κ3) is 3.76. The van der Waals surface area contributed by atoms with Crippen molar-refractivity contribution in [2.45, 2.75) is 17.8 Å². The minimum atomic E-state index is 0.729.